The molecule has 0 aliphatic carbocycles. The van der Waals surface area contributed by atoms with Crippen molar-refractivity contribution in [3.8, 4) is 0 Å². The van der Waals surface area contributed by atoms with Crippen molar-refractivity contribution in [2.75, 3.05) is 0 Å². The van der Waals surface area contributed by atoms with Gasteiger partial charge in [0.15, 0.2) is 0 Å². The van der Waals surface area contributed by atoms with Crippen LogP contribution >= 0.6 is 11.6 Å². The number of carbonyl (C=O) groups excluding carboxylic acids is 1. The SMILES string of the molecule is CC(C)C(=O)N/N=C\c1ccc(CN(Cc2ccc(Cl)cc2)S(=O)(=O)c2ccccc2)o1. The number of rotatable bonds is 9. The second-order valence-corrected chi connectivity index (χ2v) is 9.78. The lowest BCUT2D eigenvalue weighted by molar-refractivity contribution is -0.123. The van der Waals surface area contributed by atoms with Crippen LogP contribution in [0.4, 0.5) is 0 Å². The molecule has 0 saturated carbocycles. The highest BCUT2D eigenvalue weighted by Crippen LogP contribution is 2.22. The fourth-order valence-electron chi connectivity index (χ4n) is 2.77. The molecule has 168 valence electrons. The molecule has 0 bridgehead atoms. The Hall–Kier alpha value is -2.94. The molecule has 32 heavy (non-hydrogen) atoms. The van der Waals surface area contributed by atoms with Crippen LogP contribution in [0.3, 0.4) is 0 Å². The molecule has 1 N–H and O–H groups in total. The van der Waals surface area contributed by atoms with Crippen LogP contribution in [0.5, 0.6) is 0 Å². The largest absolute Gasteiger partial charge is 0.459 e. The minimum absolute atomic E-state index is 0.0199. The number of nitrogens with zero attached hydrogens (tertiary/aromatic N) is 2. The van der Waals surface area contributed by atoms with Crippen molar-refractivity contribution in [1.82, 2.24) is 9.73 Å². The van der Waals surface area contributed by atoms with Crippen molar-refractivity contribution in [2.45, 2.75) is 31.8 Å². The van der Waals surface area contributed by atoms with Gasteiger partial charge in [0.25, 0.3) is 0 Å². The van der Waals surface area contributed by atoms with E-state index in [9.17, 15) is 13.2 Å². The summed E-state index contributed by atoms with van der Waals surface area (Å²) in [6.07, 6.45) is 1.37. The Morgan fingerprint density at radius 3 is 2.41 bits per heavy atom. The Labute approximate surface area is 192 Å². The number of benzene rings is 2. The fraction of sp³-hybridized carbons (Fsp3) is 0.217. The van der Waals surface area contributed by atoms with Crippen LogP contribution in [0, 0.1) is 5.92 Å². The van der Waals surface area contributed by atoms with Crippen LogP contribution in [-0.2, 0) is 27.9 Å². The number of nitrogens with one attached hydrogen (secondary N) is 1. The number of carbonyl (C=O) groups is 1. The second-order valence-electron chi connectivity index (χ2n) is 7.41. The van der Waals surface area contributed by atoms with Crippen LogP contribution in [0.25, 0.3) is 0 Å². The molecule has 0 radical (unpaired) electrons. The van der Waals surface area contributed by atoms with Gasteiger partial charge in [0.2, 0.25) is 15.9 Å². The molecule has 7 nitrogen and oxygen atoms in total. The van der Waals surface area contributed by atoms with Crippen LogP contribution < -0.4 is 5.43 Å². The molecular weight excluding hydrogens is 450 g/mol. The predicted octanol–water partition coefficient (Wildman–Crippen LogP) is 4.43. The Balaban J connectivity index is 1.81. The van der Waals surface area contributed by atoms with Crippen molar-refractivity contribution in [3.63, 3.8) is 0 Å². The topological polar surface area (TPSA) is 92.0 Å². The maximum Gasteiger partial charge on any atom is 0.243 e. The smallest absolute Gasteiger partial charge is 0.243 e. The second kappa shape index (κ2) is 10.6. The van der Waals surface area contributed by atoms with Crippen LogP contribution in [0.2, 0.25) is 5.02 Å². The third kappa shape index (κ3) is 6.29. The van der Waals surface area contributed by atoms with Gasteiger partial charge < -0.3 is 4.42 Å². The Bertz CT molecular complexity index is 1170. The van der Waals surface area contributed by atoms with Crippen molar-refractivity contribution < 1.29 is 17.6 Å². The van der Waals surface area contributed by atoms with Gasteiger partial charge in [-0.15, -0.1) is 0 Å². The molecule has 3 aromatic rings. The minimum atomic E-state index is -3.79. The number of hydrogen-bond acceptors (Lipinski definition) is 5. The van der Waals surface area contributed by atoms with E-state index in [1.54, 1.807) is 80.6 Å². The first-order valence-corrected chi connectivity index (χ1v) is 11.8. The fourth-order valence-corrected chi connectivity index (χ4v) is 4.31. The van der Waals surface area contributed by atoms with Crippen LogP contribution in [-0.4, -0.2) is 24.8 Å². The molecule has 2 aromatic carbocycles. The third-order valence-electron chi connectivity index (χ3n) is 4.56. The number of hydrogen-bond donors (Lipinski definition) is 1. The van der Waals surface area contributed by atoms with E-state index in [1.807, 2.05) is 0 Å². The highest BCUT2D eigenvalue weighted by Gasteiger charge is 2.26. The zero-order valence-corrected chi connectivity index (χ0v) is 19.3. The van der Waals surface area contributed by atoms with Crippen molar-refractivity contribution in [1.29, 1.82) is 0 Å². The minimum Gasteiger partial charge on any atom is -0.459 e. The zero-order valence-electron chi connectivity index (χ0n) is 17.7. The summed E-state index contributed by atoms with van der Waals surface area (Å²) in [6.45, 7) is 3.69. The molecular formula is C23H24ClN3O4S. The lowest BCUT2D eigenvalue weighted by Gasteiger charge is -2.21. The van der Waals surface area contributed by atoms with Gasteiger partial charge >= 0.3 is 0 Å². The Kier molecular flexibility index (Phi) is 7.84. The molecule has 1 amide bonds. The first-order chi connectivity index (χ1) is 15.3. The zero-order chi connectivity index (χ0) is 23.1. The van der Waals surface area contributed by atoms with E-state index >= 15 is 0 Å². The molecule has 0 atom stereocenters. The van der Waals surface area contributed by atoms with Gasteiger partial charge in [0.1, 0.15) is 11.5 Å². The summed E-state index contributed by atoms with van der Waals surface area (Å²) < 4.78 is 33.7. The van der Waals surface area contributed by atoms with Crippen LogP contribution in [0.1, 0.15) is 30.9 Å². The molecule has 0 saturated heterocycles. The summed E-state index contributed by atoms with van der Waals surface area (Å²) in [4.78, 5) is 11.8. The average molecular weight is 474 g/mol. The highest BCUT2D eigenvalue weighted by atomic mass is 35.5. The third-order valence-corrected chi connectivity index (χ3v) is 6.62. The number of amides is 1. The molecule has 3 rings (SSSR count). The normalized spacial score (nSPS) is 12.0. The van der Waals surface area contributed by atoms with Gasteiger partial charge in [0, 0.05) is 17.5 Å². The lowest BCUT2D eigenvalue weighted by Crippen LogP contribution is -2.30. The molecule has 9 heteroatoms. The highest BCUT2D eigenvalue weighted by molar-refractivity contribution is 7.89. The molecule has 0 fully saturated rings. The molecule has 0 unspecified atom stereocenters. The molecule has 0 aliphatic heterocycles. The standard InChI is InChI=1S/C23H24ClN3O4S/c1-17(2)23(28)26-25-14-20-12-13-21(31-20)16-27(15-18-8-10-19(24)11-9-18)32(29,30)22-6-4-3-5-7-22/h3-14,17H,15-16H2,1-2H3,(H,26,28)/b25-14-. The summed E-state index contributed by atoms with van der Waals surface area (Å²) in [7, 11) is -3.79. The summed E-state index contributed by atoms with van der Waals surface area (Å²) in [5, 5.41) is 4.44. The molecule has 0 spiro atoms. The predicted molar refractivity (Wildman–Crippen MR) is 124 cm³/mol. The van der Waals surface area contributed by atoms with E-state index in [4.69, 9.17) is 16.0 Å². The first kappa shape index (κ1) is 23.7. The number of sulfonamides is 1. The van der Waals surface area contributed by atoms with Gasteiger partial charge in [0.05, 0.1) is 17.7 Å². The first-order valence-electron chi connectivity index (χ1n) is 9.97. The molecule has 1 aromatic heterocycles. The van der Waals surface area contributed by atoms with Gasteiger partial charge in [-0.3, -0.25) is 4.79 Å². The van der Waals surface area contributed by atoms with Crippen molar-refractivity contribution in [2.24, 2.45) is 11.0 Å². The number of hydrazone groups is 1. The summed E-state index contributed by atoms with van der Waals surface area (Å²) in [6, 6.07) is 18.6. The maximum absolute atomic E-state index is 13.3. The van der Waals surface area contributed by atoms with E-state index in [-0.39, 0.29) is 29.8 Å². The van der Waals surface area contributed by atoms with Gasteiger partial charge in [-0.1, -0.05) is 55.8 Å². The summed E-state index contributed by atoms with van der Waals surface area (Å²) in [5.41, 5.74) is 3.21. The number of furan rings is 1. The van der Waals surface area contributed by atoms with Crippen LogP contribution in [0.15, 0.2) is 81.1 Å². The van der Waals surface area contributed by atoms with Crippen molar-refractivity contribution >= 4 is 33.7 Å². The Morgan fingerprint density at radius 1 is 1.06 bits per heavy atom. The number of halogens is 1. The monoisotopic (exact) mass is 473 g/mol. The maximum atomic E-state index is 13.3. The summed E-state index contributed by atoms with van der Waals surface area (Å²) >= 11 is 5.96. The lowest BCUT2D eigenvalue weighted by atomic mass is 10.2. The van der Waals surface area contributed by atoms with Gasteiger partial charge in [-0.05, 0) is 42.0 Å². The van der Waals surface area contributed by atoms with Gasteiger partial charge in [-0.25, -0.2) is 13.8 Å². The summed E-state index contributed by atoms with van der Waals surface area (Å²) in [5.74, 6) is 0.433. The van der Waals surface area contributed by atoms with E-state index in [2.05, 4.69) is 10.5 Å². The van der Waals surface area contributed by atoms with E-state index in [0.29, 0.717) is 16.5 Å². The average Bonchev–Trinajstić information content (AvgIpc) is 3.22. The van der Waals surface area contributed by atoms with E-state index in [0.717, 1.165) is 5.56 Å². The van der Waals surface area contributed by atoms with Crippen molar-refractivity contribution in [3.05, 3.63) is 88.8 Å². The molecule has 1 heterocycles. The van der Waals surface area contributed by atoms with Gasteiger partial charge in [-0.2, -0.15) is 9.41 Å². The quantitative estimate of drug-likeness (QED) is 0.367. The van der Waals surface area contributed by atoms with E-state index in [1.165, 1.54) is 10.5 Å². The Morgan fingerprint density at radius 2 is 1.75 bits per heavy atom. The molecule has 0 aliphatic rings. The van der Waals surface area contributed by atoms with E-state index < -0.39 is 10.0 Å².